The van der Waals surface area contributed by atoms with E-state index in [2.05, 4.69) is 0 Å². The number of carboxylic acids is 1. The molecule has 1 rings (SSSR count). The summed E-state index contributed by atoms with van der Waals surface area (Å²) in [5.74, 6) is -0.780. The molecule has 1 aliphatic rings. The Labute approximate surface area is 97.2 Å². The molecule has 0 aromatic heterocycles. The second-order valence-electron chi connectivity index (χ2n) is 5.09. The van der Waals surface area contributed by atoms with Crippen molar-refractivity contribution in [1.29, 1.82) is 0 Å². The maximum absolute atomic E-state index is 11.2. The molecular formula is C13H22O3. The molecule has 2 atom stereocenters. The minimum absolute atomic E-state index is 0.0991. The summed E-state index contributed by atoms with van der Waals surface area (Å²) in [5, 5.41) is 9.24. The van der Waals surface area contributed by atoms with Gasteiger partial charge in [-0.05, 0) is 32.1 Å². The zero-order valence-corrected chi connectivity index (χ0v) is 10.2. The lowest BCUT2D eigenvalue weighted by atomic mass is 9.76. The topological polar surface area (TPSA) is 54.4 Å². The van der Waals surface area contributed by atoms with Crippen molar-refractivity contribution in [3.8, 4) is 0 Å². The van der Waals surface area contributed by atoms with Gasteiger partial charge in [0.25, 0.3) is 0 Å². The standard InChI is InChI=1S/C13H22O3/c1-9(10(2)14)8-12(13(15)16)11-6-4-3-5-7-11/h9,11-12H,3-8H2,1-2H3,(H,15,16). The van der Waals surface area contributed by atoms with Crippen LogP contribution in [0.3, 0.4) is 0 Å². The molecule has 1 aliphatic carbocycles. The Morgan fingerprint density at radius 3 is 2.25 bits per heavy atom. The molecule has 0 amide bonds. The predicted octanol–water partition coefficient (Wildman–Crippen LogP) is 2.88. The quantitative estimate of drug-likeness (QED) is 0.784. The van der Waals surface area contributed by atoms with Crippen LogP contribution in [0.2, 0.25) is 0 Å². The molecular weight excluding hydrogens is 204 g/mol. The van der Waals surface area contributed by atoms with Gasteiger partial charge >= 0.3 is 5.97 Å². The van der Waals surface area contributed by atoms with Gasteiger partial charge < -0.3 is 5.11 Å². The molecule has 92 valence electrons. The van der Waals surface area contributed by atoms with Gasteiger partial charge in [0.1, 0.15) is 5.78 Å². The van der Waals surface area contributed by atoms with Crippen LogP contribution < -0.4 is 0 Å². The van der Waals surface area contributed by atoms with Crippen molar-refractivity contribution in [2.45, 2.75) is 52.4 Å². The van der Waals surface area contributed by atoms with Crippen molar-refractivity contribution in [2.75, 3.05) is 0 Å². The Bertz CT molecular complexity index is 254. The number of hydrogen-bond acceptors (Lipinski definition) is 2. The lowest BCUT2D eigenvalue weighted by molar-refractivity contribution is -0.145. The number of Topliss-reactive ketones (excluding diaryl/α,β-unsaturated/α-hetero) is 1. The monoisotopic (exact) mass is 226 g/mol. The number of carboxylic acid groups (broad SMARTS) is 1. The Balaban J connectivity index is 2.59. The Morgan fingerprint density at radius 1 is 1.25 bits per heavy atom. The highest BCUT2D eigenvalue weighted by atomic mass is 16.4. The lowest BCUT2D eigenvalue weighted by Gasteiger charge is -2.28. The molecule has 0 heterocycles. The number of carbonyl (C=O) groups excluding carboxylic acids is 1. The van der Waals surface area contributed by atoms with E-state index in [1.807, 2.05) is 6.92 Å². The fourth-order valence-corrected chi connectivity index (χ4v) is 2.58. The zero-order chi connectivity index (χ0) is 12.1. The fraction of sp³-hybridized carbons (Fsp3) is 0.846. The Hall–Kier alpha value is -0.860. The van der Waals surface area contributed by atoms with Gasteiger partial charge in [-0.3, -0.25) is 9.59 Å². The molecule has 2 unspecified atom stereocenters. The van der Waals surface area contributed by atoms with Gasteiger partial charge in [-0.2, -0.15) is 0 Å². The van der Waals surface area contributed by atoms with E-state index in [9.17, 15) is 14.7 Å². The highest BCUT2D eigenvalue weighted by Gasteiger charge is 2.31. The van der Waals surface area contributed by atoms with Crippen LogP contribution in [0.25, 0.3) is 0 Å². The summed E-state index contributed by atoms with van der Waals surface area (Å²) in [7, 11) is 0. The second kappa shape index (κ2) is 6.02. The van der Waals surface area contributed by atoms with Gasteiger partial charge in [-0.15, -0.1) is 0 Å². The van der Waals surface area contributed by atoms with E-state index < -0.39 is 5.97 Å². The summed E-state index contributed by atoms with van der Waals surface area (Å²) in [5.41, 5.74) is 0. The lowest BCUT2D eigenvalue weighted by Crippen LogP contribution is -2.28. The third kappa shape index (κ3) is 3.62. The summed E-state index contributed by atoms with van der Waals surface area (Å²) in [6, 6.07) is 0. The zero-order valence-electron chi connectivity index (χ0n) is 10.2. The van der Waals surface area contributed by atoms with Crippen LogP contribution in [0.4, 0.5) is 0 Å². The minimum Gasteiger partial charge on any atom is -0.481 e. The summed E-state index contributed by atoms with van der Waals surface area (Å²) < 4.78 is 0. The van der Waals surface area contributed by atoms with Crippen LogP contribution in [-0.4, -0.2) is 16.9 Å². The Morgan fingerprint density at radius 2 is 1.81 bits per heavy atom. The smallest absolute Gasteiger partial charge is 0.306 e. The number of aliphatic carboxylic acids is 1. The van der Waals surface area contributed by atoms with E-state index in [-0.39, 0.29) is 23.5 Å². The summed E-state index contributed by atoms with van der Waals surface area (Å²) in [4.78, 5) is 22.4. The largest absolute Gasteiger partial charge is 0.481 e. The minimum atomic E-state index is -0.722. The molecule has 0 bridgehead atoms. The van der Waals surface area contributed by atoms with E-state index in [0.717, 1.165) is 25.7 Å². The van der Waals surface area contributed by atoms with Crippen molar-refractivity contribution in [1.82, 2.24) is 0 Å². The molecule has 0 radical (unpaired) electrons. The summed E-state index contributed by atoms with van der Waals surface area (Å²) >= 11 is 0. The maximum Gasteiger partial charge on any atom is 0.306 e. The second-order valence-corrected chi connectivity index (χ2v) is 5.09. The first-order valence-electron chi connectivity index (χ1n) is 6.25. The first kappa shape index (κ1) is 13.2. The molecule has 1 N–H and O–H groups in total. The van der Waals surface area contributed by atoms with Crippen LogP contribution in [-0.2, 0) is 9.59 Å². The highest BCUT2D eigenvalue weighted by molar-refractivity contribution is 5.79. The van der Waals surface area contributed by atoms with Gasteiger partial charge in [0, 0.05) is 5.92 Å². The molecule has 3 nitrogen and oxygen atoms in total. The third-order valence-corrected chi connectivity index (χ3v) is 3.84. The van der Waals surface area contributed by atoms with E-state index in [1.54, 1.807) is 6.92 Å². The van der Waals surface area contributed by atoms with Crippen LogP contribution in [0.5, 0.6) is 0 Å². The molecule has 16 heavy (non-hydrogen) atoms. The maximum atomic E-state index is 11.2. The van der Waals surface area contributed by atoms with Gasteiger partial charge in [-0.1, -0.05) is 26.2 Å². The summed E-state index contributed by atoms with van der Waals surface area (Å²) in [6.07, 6.45) is 6.05. The van der Waals surface area contributed by atoms with Crippen molar-refractivity contribution >= 4 is 11.8 Å². The first-order chi connectivity index (χ1) is 7.52. The molecule has 1 fully saturated rings. The van der Waals surface area contributed by atoms with Gasteiger partial charge in [0.15, 0.2) is 0 Å². The van der Waals surface area contributed by atoms with Crippen LogP contribution in [0.15, 0.2) is 0 Å². The van der Waals surface area contributed by atoms with E-state index in [1.165, 1.54) is 6.42 Å². The predicted molar refractivity (Wildman–Crippen MR) is 62.2 cm³/mol. The van der Waals surface area contributed by atoms with Crippen molar-refractivity contribution in [2.24, 2.45) is 17.8 Å². The van der Waals surface area contributed by atoms with Crippen molar-refractivity contribution in [3.63, 3.8) is 0 Å². The number of hydrogen-bond donors (Lipinski definition) is 1. The molecule has 0 aromatic carbocycles. The molecule has 0 aromatic rings. The van der Waals surface area contributed by atoms with Crippen LogP contribution in [0, 0.1) is 17.8 Å². The molecule has 0 spiro atoms. The van der Waals surface area contributed by atoms with Gasteiger partial charge in [-0.25, -0.2) is 0 Å². The van der Waals surface area contributed by atoms with Crippen LogP contribution >= 0.6 is 0 Å². The van der Waals surface area contributed by atoms with E-state index in [0.29, 0.717) is 6.42 Å². The highest BCUT2D eigenvalue weighted by Crippen LogP contribution is 2.33. The average Bonchev–Trinajstić information content (AvgIpc) is 2.26. The van der Waals surface area contributed by atoms with Crippen molar-refractivity contribution < 1.29 is 14.7 Å². The third-order valence-electron chi connectivity index (χ3n) is 3.84. The van der Waals surface area contributed by atoms with E-state index >= 15 is 0 Å². The molecule has 0 saturated heterocycles. The van der Waals surface area contributed by atoms with Crippen molar-refractivity contribution in [3.05, 3.63) is 0 Å². The molecule has 1 saturated carbocycles. The number of rotatable bonds is 5. The van der Waals surface area contributed by atoms with Crippen LogP contribution in [0.1, 0.15) is 52.4 Å². The van der Waals surface area contributed by atoms with Gasteiger partial charge in [0.2, 0.25) is 0 Å². The van der Waals surface area contributed by atoms with Gasteiger partial charge in [0.05, 0.1) is 5.92 Å². The normalized spacial score (nSPS) is 21.4. The SMILES string of the molecule is CC(=O)C(C)CC(C(=O)O)C1CCCCC1. The number of carbonyl (C=O) groups is 2. The Kier molecular flexibility index (Phi) is 4.97. The summed E-state index contributed by atoms with van der Waals surface area (Å²) in [6.45, 7) is 3.38. The fourth-order valence-electron chi connectivity index (χ4n) is 2.58. The molecule has 3 heteroatoms. The average molecular weight is 226 g/mol. The van der Waals surface area contributed by atoms with E-state index in [4.69, 9.17) is 0 Å². The first-order valence-corrected chi connectivity index (χ1v) is 6.25. The number of ketones is 1. The molecule has 0 aliphatic heterocycles.